The molecule has 3 rings (SSSR count). The lowest BCUT2D eigenvalue weighted by Crippen LogP contribution is -2.52. The van der Waals surface area contributed by atoms with E-state index in [1.165, 1.54) is 11.8 Å². The molecular formula is C20H24N4O2S. The number of hydrogen-bond donors (Lipinski definition) is 0. The van der Waals surface area contributed by atoms with E-state index in [-0.39, 0.29) is 5.91 Å². The third kappa shape index (κ3) is 4.01. The summed E-state index contributed by atoms with van der Waals surface area (Å²) < 4.78 is 5.75. The highest BCUT2D eigenvalue weighted by molar-refractivity contribution is 8.00. The maximum atomic E-state index is 12.9. The summed E-state index contributed by atoms with van der Waals surface area (Å²) in [7, 11) is 1.74. The van der Waals surface area contributed by atoms with Gasteiger partial charge in [-0.2, -0.15) is 5.26 Å². The van der Waals surface area contributed by atoms with Crippen molar-refractivity contribution >= 4 is 17.7 Å². The average Bonchev–Trinajstić information content (AvgIpc) is 3.15. The summed E-state index contributed by atoms with van der Waals surface area (Å²) >= 11 is 1.23. The number of hydrogen-bond acceptors (Lipinski definition) is 6. The quantitative estimate of drug-likeness (QED) is 0.718. The molecule has 6 nitrogen and oxygen atoms in total. The largest absolute Gasteiger partial charge is 0.411 e. The number of nitriles is 1. The standard InChI is InChI=1S/C20H24N4O2S/c1-14-9-5-6-10-16(14)17-22-23-19(26-17)27-15(2)18(25)24(3)20(13-21)11-7-4-8-12-20/h5-6,9-10,15H,4,7-8,11-12H2,1-3H3/t15-/m0/s1. The van der Waals surface area contributed by atoms with Crippen molar-refractivity contribution in [3.63, 3.8) is 0 Å². The number of nitrogens with zero attached hydrogens (tertiary/aromatic N) is 4. The lowest BCUT2D eigenvalue weighted by Gasteiger charge is -2.39. The number of aryl methyl sites for hydroxylation is 1. The third-order valence-electron chi connectivity index (χ3n) is 5.27. The fourth-order valence-electron chi connectivity index (χ4n) is 3.52. The van der Waals surface area contributed by atoms with E-state index in [9.17, 15) is 10.1 Å². The van der Waals surface area contributed by atoms with Crippen LogP contribution in [-0.2, 0) is 4.79 Å². The Balaban J connectivity index is 1.70. The van der Waals surface area contributed by atoms with Gasteiger partial charge in [-0.1, -0.05) is 49.2 Å². The fraction of sp³-hybridized carbons (Fsp3) is 0.500. The Morgan fingerprint density at radius 2 is 2.00 bits per heavy atom. The summed E-state index contributed by atoms with van der Waals surface area (Å²) in [6, 6.07) is 10.2. The van der Waals surface area contributed by atoms with E-state index in [4.69, 9.17) is 4.42 Å². The van der Waals surface area contributed by atoms with Crippen LogP contribution in [0.5, 0.6) is 0 Å². The Labute approximate surface area is 164 Å². The highest BCUT2D eigenvalue weighted by Crippen LogP contribution is 2.35. The molecule has 0 N–H and O–H groups in total. The SMILES string of the molecule is Cc1ccccc1-c1nnc(S[C@@H](C)C(=O)N(C)C2(C#N)CCCCC2)o1. The zero-order valence-corrected chi connectivity index (χ0v) is 16.8. The Morgan fingerprint density at radius 1 is 1.30 bits per heavy atom. The summed E-state index contributed by atoms with van der Waals surface area (Å²) in [5.74, 6) is 0.364. The molecule has 1 aliphatic carbocycles. The van der Waals surface area contributed by atoms with Crippen molar-refractivity contribution < 1.29 is 9.21 Å². The predicted octanol–water partition coefficient (Wildman–Crippen LogP) is 4.21. The molecule has 0 spiro atoms. The van der Waals surface area contributed by atoms with Gasteiger partial charge in [0.2, 0.25) is 11.8 Å². The first-order valence-electron chi connectivity index (χ1n) is 9.22. The van der Waals surface area contributed by atoms with E-state index in [1.807, 2.05) is 38.1 Å². The van der Waals surface area contributed by atoms with Crippen molar-refractivity contribution in [3.8, 4) is 17.5 Å². The van der Waals surface area contributed by atoms with Gasteiger partial charge in [-0.15, -0.1) is 10.2 Å². The molecule has 1 aromatic heterocycles. The van der Waals surface area contributed by atoms with Crippen molar-refractivity contribution in [2.24, 2.45) is 0 Å². The molecule has 27 heavy (non-hydrogen) atoms. The smallest absolute Gasteiger partial charge is 0.277 e. The van der Waals surface area contributed by atoms with Crippen molar-refractivity contribution in [2.45, 2.75) is 62.0 Å². The molecule has 142 valence electrons. The Bertz CT molecular complexity index is 852. The minimum absolute atomic E-state index is 0.0842. The summed E-state index contributed by atoms with van der Waals surface area (Å²) in [4.78, 5) is 14.5. The Hall–Kier alpha value is -2.33. The van der Waals surface area contributed by atoms with Crippen molar-refractivity contribution in [1.82, 2.24) is 15.1 Å². The second kappa shape index (κ2) is 8.13. The van der Waals surface area contributed by atoms with Crippen molar-refractivity contribution in [3.05, 3.63) is 29.8 Å². The zero-order valence-electron chi connectivity index (χ0n) is 15.9. The molecule has 1 saturated carbocycles. The fourth-order valence-corrected chi connectivity index (χ4v) is 4.30. The van der Waals surface area contributed by atoms with E-state index in [0.717, 1.165) is 43.2 Å². The van der Waals surface area contributed by atoms with Crippen molar-refractivity contribution in [2.75, 3.05) is 7.05 Å². The lowest BCUT2D eigenvalue weighted by molar-refractivity contribution is -0.133. The van der Waals surface area contributed by atoms with E-state index in [1.54, 1.807) is 11.9 Å². The number of thioether (sulfide) groups is 1. The van der Waals surface area contributed by atoms with E-state index >= 15 is 0 Å². The lowest BCUT2D eigenvalue weighted by atomic mass is 9.81. The van der Waals surface area contributed by atoms with Gasteiger partial charge in [-0.3, -0.25) is 4.79 Å². The molecule has 1 amide bonds. The molecule has 2 aromatic rings. The van der Waals surface area contributed by atoms with Gasteiger partial charge in [0.15, 0.2) is 0 Å². The molecular weight excluding hydrogens is 360 g/mol. The Morgan fingerprint density at radius 3 is 2.67 bits per heavy atom. The topological polar surface area (TPSA) is 83.0 Å². The van der Waals surface area contributed by atoms with Gasteiger partial charge in [0.1, 0.15) is 5.54 Å². The van der Waals surface area contributed by atoms with Gasteiger partial charge in [0, 0.05) is 12.6 Å². The third-order valence-corrected chi connectivity index (χ3v) is 6.19. The molecule has 1 heterocycles. The maximum Gasteiger partial charge on any atom is 0.277 e. The summed E-state index contributed by atoms with van der Waals surface area (Å²) in [6.07, 6.45) is 4.56. The van der Waals surface area contributed by atoms with Crippen LogP contribution in [0.25, 0.3) is 11.5 Å². The first kappa shape index (κ1) is 19.4. The number of rotatable bonds is 5. The van der Waals surface area contributed by atoms with Gasteiger partial charge < -0.3 is 9.32 Å². The van der Waals surface area contributed by atoms with E-state index in [0.29, 0.717) is 11.1 Å². The molecule has 0 unspecified atom stereocenters. The second-order valence-corrected chi connectivity index (χ2v) is 8.34. The molecule has 1 aromatic carbocycles. The minimum atomic E-state index is -0.689. The Kier molecular flexibility index (Phi) is 5.85. The molecule has 7 heteroatoms. The molecule has 1 fully saturated rings. The van der Waals surface area contributed by atoms with Crippen LogP contribution in [0.1, 0.15) is 44.6 Å². The molecule has 0 saturated heterocycles. The normalized spacial score (nSPS) is 17.1. The van der Waals surface area contributed by atoms with Crippen LogP contribution in [0.3, 0.4) is 0 Å². The predicted molar refractivity (Wildman–Crippen MR) is 104 cm³/mol. The van der Waals surface area contributed by atoms with E-state index in [2.05, 4.69) is 16.3 Å². The second-order valence-electron chi connectivity index (χ2n) is 7.05. The molecule has 0 radical (unpaired) electrons. The number of amides is 1. The summed E-state index contributed by atoms with van der Waals surface area (Å²) in [5, 5.41) is 17.8. The van der Waals surface area contributed by atoms with Crippen LogP contribution in [0.4, 0.5) is 0 Å². The first-order valence-corrected chi connectivity index (χ1v) is 10.1. The maximum absolute atomic E-state index is 12.9. The van der Waals surface area contributed by atoms with Crippen LogP contribution in [0, 0.1) is 18.3 Å². The number of aromatic nitrogens is 2. The monoisotopic (exact) mass is 384 g/mol. The van der Waals surface area contributed by atoms with Crippen LogP contribution in [0.2, 0.25) is 0 Å². The summed E-state index contributed by atoms with van der Waals surface area (Å²) in [5.41, 5.74) is 1.25. The van der Waals surface area contributed by atoms with Gasteiger partial charge in [0.25, 0.3) is 5.22 Å². The average molecular weight is 385 g/mol. The van der Waals surface area contributed by atoms with Gasteiger partial charge in [0.05, 0.1) is 11.3 Å². The van der Waals surface area contributed by atoms with Crippen LogP contribution >= 0.6 is 11.8 Å². The highest BCUT2D eigenvalue weighted by Gasteiger charge is 2.40. The van der Waals surface area contributed by atoms with Gasteiger partial charge in [-0.05, 0) is 38.3 Å². The van der Waals surface area contributed by atoms with Crippen LogP contribution in [-0.4, -0.2) is 38.8 Å². The summed E-state index contributed by atoms with van der Waals surface area (Å²) in [6.45, 7) is 3.80. The van der Waals surface area contributed by atoms with Gasteiger partial charge >= 0.3 is 0 Å². The first-order chi connectivity index (χ1) is 13.0. The van der Waals surface area contributed by atoms with Gasteiger partial charge in [-0.25, -0.2) is 0 Å². The van der Waals surface area contributed by atoms with Crippen LogP contribution < -0.4 is 0 Å². The van der Waals surface area contributed by atoms with Crippen molar-refractivity contribution in [1.29, 1.82) is 5.26 Å². The molecule has 1 aliphatic rings. The molecule has 0 bridgehead atoms. The van der Waals surface area contributed by atoms with Crippen LogP contribution in [0.15, 0.2) is 33.9 Å². The number of carbonyl (C=O) groups excluding carboxylic acids is 1. The highest BCUT2D eigenvalue weighted by atomic mass is 32.2. The molecule has 1 atom stereocenters. The minimum Gasteiger partial charge on any atom is -0.411 e. The number of benzene rings is 1. The number of carbonyl (C=O) groups is 1. The molecule has 0 aliphatic heterocycles. The zero-order chi connectivity index (χ0) is 19.4. The van der Waals surface area contributed by atoms with E-state index < -0.39 is 10.8 Å².